The van der Waals surface area contributed by atoms with Gasteiger partial charge in [0.2, 0.25) is 0 Å². The molecule has 116 valence electrons. The van der Waals surface area contributed by atoms with Crippen LogP contribution < -0.4 is 0 Å². The summed E-state index contributed by atoms with van der Waals surface area (Å²) < 4.78 is 17.3. The molecular formula is C15H20O5S. The third kappa shape index (κ3) is 3.11. The molecule has 1 aromatic rings. The molecule has 6 atom stereocenters. The second-order valence-corrected chi connectivity index (χ2v) is 6.53. The third-order valence-electron chi connectivity index (χ3n) is 3.74. The number of aliphatic hydroxyl groups is 2. The Balaban J connectivity index is 1.71. The van der Waals surface area contributed by atoms with Gasteiger partial charge in [0.1, 0.15) is 29.9 Å². The Hall–Kier alpha value is -0.630. The zero-order valence-electron chi connectivity index (χ0n) is 11.8. The molecule has 0 radical (unpaired) electrons. The van der Waals surface area contributed by atoms with Crippen LogP contribution in [0.25, 0.3) is 0 Å². The van der Waals surface area contributed by atoms with Gasteiger partial charge in [0.05, 0.1) is 6.61 Å². The highest BCUT2D eigenvalue weighted by atomic mass is 32.2. The molecule has 2 aliphatic rings. The van der Waals surface area contributed by atoms with Gasteiger partial charge in [-0.3, -0.25) is 0 Å². The first-order chi connectivity index (χ1) is 10.2. The molecule has 0 saturated carbocycles. The highest BCUT2D eigenvalue weighted by Crippen LogP contribution is 2.36. The molecule has 0 aliphatic carbocycles. The summed E-state index contributed by atoms with van der Waals surface area (Å²) in [6, 6.07) is 9.56. The quantitative estimate of drug-likeness (QED) is 0.877. The summed E-state index contributed by atoms with van der Waals surface area (Å²) in [5.74, 6) is 0.806. The molecule has 6 heteroatoms. The first kappa shape index (κ1) is 15.3. The van der Waals surface area contributed by atoms with Gasteiger partial charge in [-0.2, -0.15) is 0 Å². The Bertz CT molecular complexity index is 455. The second-order valence-electron chi connectivity index (χ2n) is 5.16. The van der Waals surface area contributed by atoms with E-state index < -0.39 is 30.0 Å². The van der Waals surface area contributed by atoms with Crippen molar-refractivity contribution in [2.45, 2.75) is 43.1 Å². The van der Waals surface area contributed by atoms with Gasteiger partial charge in [0.25, 0.3) is 0 Å². The molecule has 1 aromatic carbocycles. The van der Waals surface area contributed by atoms with E-state index in [1.807, 2.05) is 37.3 Å². The summed E-state index contributed by atoms with van der Waals surface area (Å²) in [4.78, 5) is 0. The predicted octanol–water partition coefficient (Wildman–Crippen LogP) is 1.30. The standard InChI is InChI=1S/C15H20O5S/c1-2-21-15-12(17)11(16)13-10(19-15)8-18-14(20-13)9-6-4-3-5-7-9/h3-7,10-17H,2,8H2,1H3/t10-,11-,12+,13-,14?,15-/m1/s1. The number of fused-ring (bicyclic) bond motifs is 1. The first-order valence-electron chi connectivity index (χ1n) is 7.16. The summed E-state index contributed by atoms with van der Waals surface area (Å²) in [5, 5.41) is 20.5. The molecule has 1 unspecified atom stereocenters. The normalized spacial score (nSPS) is 39.8. The smallest absolute Gasteiger partial charge is 0.184 e. The van der Waals surface area contributed by atoms with E-state index in [1.165, 1.54) is 11.8 Å². The molecule has 0 amide bonds. The summed E-state index contributed by atoms with van der Waals surface area (Å²) in [7, 11) is 0. The lowest BCUT2D eigenvalue weighted by molar-refractivity contribution is -0.318. The van der Waals surface area contributed by atoms with E-state index in [9.17, 15) is 10.2 Å². The summed E-state index contributed by atoms with van der Waals surface area (Å²) in [5.41, 5.74) is 0.453. The van der Waals surface area contributed by atoms with Crippen LogP contribution in [0.15, 0.2) is 30.3 Å². The van der Waals surface area contributed by atoms with E-state index >= 15 is 0 Å². The topological polar surface area (TPSA) is 68.2 Å². The van der Waals surface area contributed by atoms with Crippen molar-refractivity contribution in [1.82, 2.24) is 0 Å². The van der Waals surface area contributed by atoms with Crippen molar-refractivity contribution in [2.75, 3.05) is 12.4 Å². The van der Waals surface area contributed by atoms with Crippen LogP contribution in [0, 0.1) is 0 Å². The minimum absolute atomic E-state index is 0.342. The van der Waals surface area contributed by atoms with Gasteiger partial charge in [-0.25, -0.2) is 0 Å². The summed E-state index contributed by atoms with van der Waals surface area (Å²) in [6.45, 7) is 2.33. The van der Waals surface area contributed by atoms with Crippen LogP contribution in [0.3, 0.4) is 0 Å². The van der Waals surface area contributed by atoms with Gasteiger partial charge < -0.3 is 24.4 Å². The predicted molar refractivity (Wildman–Crippen MR) is 78.8 cm³/mol. The van der Waals surface area contributed by atoms with E-state index in [-0.39, 0.29) is 6.10 Å². The molecule has 3 rings (SSSR count). The third-order valence-corrected chi connectivity index (χ3v) is 4.79. The van der Waals surface area contributed by atoms with E-state index in [2.05, 4.69) is 0 Å². The fourth-order valence-electron chi connectivity index (χ4n) is 2.66. The lowest BCUT2D eigenvalue weighted by atomic mass is 9.99. The Morgan fingerprint density at radius 1 is 1.14 bits per heavy atom. The average molecular weight is 312 g/mol. The van der Waals surface area contributed by atoms with Crippen molar-refractivity contribution in [3.05, 3.63) is 35.9 Å². The number of hydrogen-bond donors (Lipinski definition) is 2. The minimum atomic E-state index is -0.970. The Labute approximate surface area is 128 Å². The molecule has 2 N–H and O–H groups in total. The average Bonchev–Trinajstić information content (AvgIpc) is 2.53. The van der Waals surface area contributed by atoms with E-state index in [1.54, 1.807) is 0 Å². The van der Waals surface area contributed by atoms with Crippen LogP contribution >= 0.6 is 11.8 Å². The Morgan fingerprint density at radius 2 is 1.90 bits per heavy atom. The summed E-state index contributed by atoms with van der Waals surface area (Å²) >= 11 is 1.47. The molecule has 2 heterocycles. The fourth-order valence-corrected chi connectivity index (χ4v) is 3.57. The zero-order valence-corrected chi connectivity index (χ0v) is 12.6. The first-order valence-corrected chi connectivity index (χ1v) is 8.20. The molecule has 5 nitrogen and oxygen atoms in total. The van der Waals surface area contributed by atoms with E-state index in [0.29, 0.717) is 6.61 Å². The van der Waals surface area contributed by atoms with Crippen molar-refractivity contribution < 1.29 is 24.4 Å². The molecule has 21 heavy (non-hydrogen) atoms. The minimum Gasteiger partial charge on any atom is -0.387 e. The van der Waals surface area contributed by atoms with E-state index in [0.717, 1.165) is 11.3 Å². The molecular weight excluding hydrogens is 292 g/mol. The van der Waals surface area contributed by atoms with Gasteiger partial charge in [0.15, 0.2) is 6.29 Å². The van der Waals surface area contributed by atoms with Gasteiger partial charge >= 0.3 is 0 Å². The number of hydrogen-bond acceptors (Lipinski definition) is 6. The number of aliphatic hydroxyl groups excluding tert-OH is 2. The Kier molecular flexibility index (Phi) is 4.83. The van der Waals surface area contributed by atoms with Crippen molar-refractivity contribution in [2.24, 2.45) is 0 Å². The van der Waals surface area contributed by atoms with Crippen LogP contribution in [0.1, 0.15) is 18.8 Å². The van der Waals surface area contributed by atoms with Crippen molar-refractivity contribution in [1.29, 1.82) is 0 Å². The molecule has 0 aromatic heterocycles. The highest BCUT2D eigenvalue weighted by Gasteiger charge is 2.48. The number of thioether (sulfide) groups is 1. The maximum Gasteiger partial charge on any atom is 0.184 e. The van der Waals surface area contributed by atoms with Crippen LogP contribution in [0.5, 0.6) is 0 Å². The largest absolute Gasteiger partial charge is 0.387 e. The zero-order chi connectivity index (χ0) is 14.8. The monoisotopic (exact) mass is 312 g/mol. The lowest BCUT2D eigenvalue weighted by Crippen LogP contribution is -2.60. The van der Waals surface area contributed by atoms with Crippen molar-refractivity contribution >= 4 is 11.8 Å². The van der Waals surface area contributed by atoms with Gasteiger partial charge in [-0.05, 0) is 5.75 Å². The van der Waals surface area contributed by atoms with Crippen molar-refractivity contribution in [3.63, 3.8) is 0 Å². The lowest BCUT2D eigenvalue weighted by Gasteiger charge is -2.46. The Morgan fingerprint density at radius 3 is 2.62 bits per heavy atom. The summed E-state index contributed by atoms with van der Waals surface area (Å²) in [6.07, 6.45) is -3.39. The molecule has 2 fully saturated rings. The SMILES string of the molecule is CCS[C@H]1O[C@@H]2COC(c3ccccc3)O[C@H]2[C@H](O)[C@@H]1O. The molecule has 0 spiro atoms. The number of ether oxygens (including phenoxy) is 3. The van der Waals surface area contributed by atoms with Crippen LogP contribution in [0.4, 0.5) is 0 Å². The molecule has 2 aliphatic heterocycles. The van der Waals surface area contributed by atoms with Crippen LogP contribution in [-0.2, 0) is 14.2 Å². The van der Waals surface area contributed by atoms with Gasteiger partial charge in [-0.15, -0.1) is 11.8 Å². The fraction of sp³-hybridized carbons (Fsp3) is 0.600. The maximum absolute atomic E-state index is 10.3. The highest BCUT2D eigenvalue weighted by molar-refractivity contribution is 7.99. The molecule has 0 bridgehead atoms. The van der Waals surface area contributed by atoms with Crippen molar-refractivity contribution in [3.8, 4) is 0 Å². The number of rotatable bonds is 3. The van der Waals surface area contributed by atoms with Gasteiger partial charge in [-0.1, -0.05) is 37.3 Å². The van der Waals surface area contributed by atoms with Crippen LogP contribution in [0.2, 0.25) is 0 Å². The maximum atomic E-state index is 10.3. The van der Waals surface area contributed by atoms with E-state index in [4.69, 9.17) is 14.2 Å². The second kappa shape index (κ2) is 6.64. The molecule has 2 saturated heterocycles. The van der Waals surface area contributed by atoms with Gasteiger partial charge in [0, 0.05) is 5.56 Å². The number of benzene rings is 1. The van der Waals surface area contributed by atoms with Crippen LogP contribution in [-0.4, -0.2) is 52.4 Å².